The quantitative estimate of drug-likeness (QED) is 0.122. The molecule has 0 aromatic heterocycles. The highest BCUT2D eigenvalue weighted by Gasteiger charge is 2.45. The maximum atomic E-state index is 13.1. The molecule has 1 unspecified atom stereocenters. The third-order valence-electron chi connectivity index (χ3n) is 8.23. The zero-order valence-electron chi connectivity index (χ0n) is 28.2. The molecule has 3 heterocycles. The van der Waals surface area contributed by atoms with Crippen LogP contribution in [0.3, 0.4) is 0 Å². The number of carbonyl (C=O) groups excluding carboxylic acids is 6. The van der Waals surface area contributed by atoms with Gasteiger partial charge in [-0.2, -0.15) is 0 Å². The molecule has 0 radical (unpaired) electrons. The molecule has 16 nitrogen and oxygen atoms in total. The minimum Gasteiger partial charge on any atom is -0.382 e. The standard InChI is InChI=1S/C35H42N4O12/c40-29-9-8-28(31(41)37-29)39-34(44)26-6-3-7-27(30(26)35(39)45)36-10-12-46-14-16-48-18-20-50-22-23-51-21-19-49-17-15-47-13-11-38-32(42)24-4-1-2-5-25(24)33(38)43/h1-7,28,36H,8-23H2,(H,37,40,41). The van der Waals surface area contributed by atoms with E-state index in [-0.39, 0.29) is 48.9 Å². The molecule has 3 aliphatic rings. The van der Waals surface area contributed by atoms with Crippen molar-refractivity contribution in [2.24, 2.45) is 0 Å². The highest BCUT2D eigenvalue weighted by atomic mass is 16.6. The summed E-state index contributed by atoms with van der Waals surface area (Å²) in [6.45, 7) is 4.99. The molecular weight excluding hydrogens is 668 g/mol. The van der Waals surface area contributed by atoms with Gasteiger partial charge in [-0.1, -0.05) is 18.2 Å². The molecule has 5 rings (SSSR count). The van der Waals surface area contributed by atoms with Crippen LogP contribution in [0.1, 0.15) is 54.3 Å². The topological polar surface area (TPSA) is 188 Å². The molecular formula is C35H42N4O12. The Hall–Kier alpha value is -4.58. The molecule has 1 saturated heterocycles. The average Bonchev–Trinajstić information content (AvgIpc) is 3.53. The van der Waals surface area contributed by atoms with Crippen molar-refractivity contribution < 1.29 is 57.2 Å². The van der Waals surface area contributed by atoms with Crippen molar-refractivity contribution in [2.45, 2.75) is 18.9 Å². The van der Waals surface area contributed by atoms with E-state index in [0.717, 1.165) is 4.90 Å². The molecule has 0 spiro atoms. The van der Waals surface area contributed by atoms with Gasteiger partial charge in [-0.25, -0.2) is 0 Å². The van der Waals surface area contributed by atoms with E-state index < -0.39 is 29.7 Å². The number of imide groups is 3. The second-order valence-corrected chi connectivity index (χ2v) is 11.6. The Bertz CT molecular complexity index is 1550. The molecule has 0 bridgehead atoms. The molecule has 2 aromatic rings. The van der Waals surface area contributed by atoms with Gasteiger partial charge >= 0.3 is 0 Å². The Morgan fingerprint density at radius 2 is 1.10 bits per heavy atom. The molecule has 0 saturated carbocycles. The summed E-state index contributed by atoms with van der Waals surface area (Å²) in [7, 11) is 0. The van der Waals surface area contributed by atoms with Crippen molar-refractivity contribution in [1.82, 2.24) is 15.1 Å². The number of carbonyl (C=O) groups is 6. The summed E-state index contributed by atoms with van der Waals surface area (Å²) in [4.78, 5) is 76.6. The predicted octanol–water partition coefficient (Wildman–Crippen LogP) is 0.896. The summed E-state index contributed by atoms with van der Waals surface area (Å²) in [5, 5.41) is 5.31. The zero-order valence-corrected chi connectivity index (χ0v) is 28.2. The van der Waals surface area contributed by atoms with Crippen molar-refractivity contribution in [1.29, 1.82) is 0 Å². The number of anilines is 1. The van der Waals surface area contributed by atoms with Gasteiger partial charge in [0.25, 0.3) is 23.6 Å². The smallest absolute Gasteiger partial charge is 0.264 e. The van der Waals surface area contributed by atoms with Gasteiger partial charge in [-0.05, 0) is 30.7 Å². The summed E-state index contributed by atoms with van der Waals surface area (Å²) in [5.41, 5.74) is 1.73. The first-order valence-electron chi connectivity index (χ1n) is 16.9. The van der Waals surface area contributed by atoms with Crippen LogP contribution in [0.15, 0.2) is 42.5 Å². The van der Waals surface area contributed by atoms with E-state index in [1.807, 2.05) is 0 Å². The number of nitrogens with zero attached hydrogens (tertiary/aromatic N) is 2. The second-order valence-electron chi connectivity index (χ2n) is 11.6. The van der Waals surface area contributed by atoms with E-state index in [0.29, 0.717) is 96.0 Å². The van der Waals surface area contributed by atoms with E-state index in [1.165, 1.54) is 4.90 Å². The molecule has 1 atom stereocenters. The SMILES string of the molecule is O=C1CCC(N2C(=O)c3cccc(NCCOCCOCCOCCOCCOCCOCCN4C(=O)c5ccccc5C4=O)c3C2=O)C(=O)N1. The number of piperidine rings is 1. The molecule has 6 amide bonds. The van der Waals surface area contributed by atoms with Gasteiger partial charge in [0, 0.05) is 18.7 Å². The minimum atomic E-state index is -1.02. The van der Waals surface area contributed by atoms with Crippen molar-refractivity contribution in [3.8, 4) is 0 Å². The molecule has 1 fully saturated rings. The lowest BCUT2D eigenvalue weighted by Crippen LogP contribution is -2.54. The number of hydrogen-bond acceptors (Lipinski definition) is 13. The Morgan fingerprint density at radius 3 is 1.65 bits per heavy atom. The normalized spacial score (nSPS) is 17.0. The molecule has 3 aliphatic heterocycles. The number of benzene rings is 2. The first-order chi connectivity index (χ1) is 24.9. The summed E-state index contributed by atoms with van der Waals surface area (Å²) in [6.07, 6.45) is 0.157. The summed E-state index contributed by atoms with van der Waals surface area (Å²) in [6, 6.07) is 10.6. The van der Waals surface area contributed by atoms with Crippen LogP contribution in [0.25, 0.3) is 0 Å². The lowest BCUT2D eigenvalue weighted by atomic mass is 10.0. The third-order valence-corrected chi connectivity index (χ3v) is 8.23. The van der Waals surface area contributed by atoms with Crippen molar-refractivity contribution in [3.05, 3.63) is 64.7 Å². The fourth-order valence-corrected chi connectivity index (χ4v) is 5.72. The first kappa shape index (κ1) is 37.7. The minimum absolute atomic E-state index is 0.0599. The maximum absolute atomic E-state index is 13.1. The fourth-order valence-electron chi connectivity index (χ4n) is 5.72. The number of nitrogens with one attached hydrogen (secondary N) is 2. The predicted molar refractivity (Wildman–Crippen MR) is 178 cm³/mol. The van der Waals surface area contributed by atoms with E-state index >= 15 is 0 Å². The molecule has 0 aliphatic carbocycles. The fraction of sp³-hybridized carbons (Fsp3) is 0.486. The van der Waals surface area contributed by atoms with Crippen molar-refractivity contribution in [2.75, 3.05) is 97.7 Å². The van der Waals surface area contributed by atoms with Gasteiger partial charge in [0.05, 0.1) is 108 Å². The van der Waals surface area contributed by atoms with Gasteiger partial charge in [0.1, 0.15) is 6.04 Å². The number of rotatable bonds is 23. The van der Waals surface area contributed by atoms with Gasteiger partial charge in [-0.15, -0.1) is 0 Å². The Kier molecular flexibility index (Phi) is 14.1. The Morgan fingerprint density at radius 1 is 0.588 bits per heavy atom. The van der Waals surface area contributed by atoms with E-state index in [9.17, 15) is 28.8 Å². The highest BCUT2D eigenvalue weighted by Crippen LogP contribution is 2.32. The highest BCUT2D eigenvalue weighted by molar-refractivity contribution is 6.25. The van der Waals surface area contributed by atoms with Crippen LogP contribution in [-0.4, -0.2) is 144 Å². The molecule has 51 heavy (non-hydrogen) atoms. The average molecular weight is 711 g/mol. The lowest BCUT2D eigenvalue weighted by Gasteiger charge is -2.27. The van der Waals surface area contributed by atoms with Gasteiger partial charge in [0.15, 0.2) is 0 Å². The third kappa shape index (κ3) is 9.81. The van der Waals surface area contributed by atoms with Crippen LogP contribution < -0.4 is 10.6 Å². The van der Waals surface area contributed by atoms with E-state index in [2.05, 4.69) is 10.6 Å². The number of amides is 6. The van der Waals surface area contributed by atoms with Gasteiger partial charge in [0.2, 0.25) is 11.8 Å². The largest absolute Gasteiger partial charge is 0.382 e. The number of hydrogen-bond donors (Lipinski definition) is 2. The summed E-state index contributed by atoms with van der Waals surface area (Å²) < 4.78 is 33.0. The van der Waals surface area contributed by atoms with Crippen molar-refractivity contribution >= 4 is 41.1 Å². The molecule has 2 N–H and O–H groups in total. The zero-order chi connectivity index (χ0) is 36.0. The van der Waals surface area contributed by atoms with Gasteiger partial charge < -0.3 is 33.7 Å². The van der Waals surface area contributed by atoms with E-state index in [4.69, 9.17) is 28.4 Å². The molecule has 2 aromatic carbocycles. The molecule has 274 valence electrons. The summed E-state index contributed by atoms with van der Waals surface area (Å²) >= 11 is 0. The van der Waals surface area contributed by atoms with Crippen molar-refractivity contribution in [3.63, 3.8) is 0 Å². The van der Waals surface area contributed by atoms with E-state index in [1.54, 1.807) is 42.5 Å². The van der Waals surface area contributed by atoms with Crippen LogP contribution in [0, 0.1) is 0 Å². The van der Waals surface area contributed by atoms with Crippen LogP contribution in [0.5, 0.6) is 0 Å². The lowest BCUT2D eigenvalue weighted by molar-refractivity contribution is -0.136. The number of ether oxygens (including phenoxy) is 6. The Labute approximate surface area is 294 Å². The van der Waals surface area contributed by atoms with Crippen LogP contribution in [0.4, 0.5) is 5.69 Å². The Balaban J connectivity index is 0.799. The first-order valence-corrected chi connectivity index (χ1v) is 16.9. The van der Waals surface area contributed by atoms with Crippen LogP contribution in [-0.2, 0) is 38.0 Å². The molecule has 16 heteroatoms. The maximum Gasteiger partial charge on any atom is 0.264 e. The van der Waals surface area contributed by atoms with Crippen LogP contribution in [0.2, 0.25) is 0 Å². The summed E-state index contributed by atoms with van der Waals surface area (Å²) in [5.74, 6) is -2.79. The van der Waals surface area contributed by atoms with Gasteiger partial charge in [-0.3, -0.25) is 43.9 Å². The second kappa shape index (κ2) is 19.1. The monoisotopic (exact) mass is 710 g/mol. The number of fused-ring (bicyclic) bond motifs is 2. The van der Waals surface area contributed by atoms with Crippen LogP contribution >= 0.6 is 0 Å².